The monoisotopic (exact) mass is 231 g/mol. The van der Waals surface area contributed by atoms with Crippen LogP contribution in [0.2, 0.25) is 0 Å². The fourth-order valence-electron chi connectivity index (χ4n) is 2.01. The average Bonchev–Trinajstić information content (AvgIpc) is 2.51. The minimum Gasteiger partial charge on any atom is -0.394 e. The first-order valence-corrected chi connectivity index (χ1v) is 6.20. The Kier molecular flexibility index (Phi) is 7.71. The number of aliphatic hydroxyl groups excluding tert-OH is 1. The molecule has 0 aromatic heterocycles. The fourth-order valence-corrected chi connectivity index (χ4v) is 2.01. The molecule has 0 radical (unpaired) electrons. The minimum atomic E-state index is 0.115. The Bertz CT molecular complexity index is 169. The van der Waals surface area contributed by atoms with Crippen LogP contribution in [-0.2, 0) is 4.74 Å². The maximum Gasteiger partial charge on any atom is 0.0698 e. The van der Waals surface area contributed by atoms with Crippen molar-refractivity contribution in [2.75, 3.05) is 65.6 Å². The molecule has 5 heteroatoms. The molecule has 0 bridgehead atoms. The van der Waals surface area contributed by atoms with Crippen LogP contribution in [0.15, 0.2) is 0 Å². The lowest BCUT2D eigenvalue weighted by molar-refractivity contribution is 0.0743. The summed E-state index contributed by atoms with van der Waals surface area (Å²) < 4.78 is 5.28. The molecular weight excluding hydrogens is 206 g/mol. The van der Waals surface area contributed by atoms with E-state index in [9.17, 15) is 0 Å². The van der Waals surface area contributed by atoms with Crippen molar-refractivity contribution in [3.05, 3.63) is 0 Å². The van der Waals surface area contributed by atoms with Crippen LogP contribution in [0.4, 0.5) is 0 Å². The van der Waals surface area contributed by atoms with Gasteiger partial charge in [0.05, 0.1) is 19.8 Å². The number of rotatable bonds is 7. The molecule has 1 saturated heterocycles. The Morgan fingerprint density at radius 2 is 1.69 bits per heavy atom. The number of ether oxygens (including phenoxy) is 1. The van der Waals surface area contributed by atoms with Crippen molar-refractivity contribution >= 4 is 0 Å². The van der Waals surface area contributed by atoms with E-state index >= 15 is 0 Å². The molecule has 0 aromatic rings. The van der Waals surface area contributed by atoms with Crippen molar-refractivity contribution in [1.29, 1.82) is 0 Å². The number of hydrogen-bond donors (Lipinski definition) is 2. The molecule has 0 aromatic carbocycles. The molecule has 1 heterocycles. The average molecular weight is 231 g/mol. The minimum absolute atomic E-state index is 0.115. The Morgan fingerprint density at radius 1 is 1.00 bits per heavy atom. The highest BCUT2D eigenvalue weighted by Crippen LogP contribution is 2.02. The lowest BCUT2D eigenvalue weighted by Crippen LogP contribution is -2.35. The molecule has 96 valence electrons. The normalized spacial score (nSPS) is 19.9. The van der Waals surface area contributed by atoms with Gasteiger partial charge >= 0.3 is 0 Å². The molecule has 0 amide bonds. The second kappa shape index (κ2) is 8.90. The Balaban J connectivity index is 2.10. The zero-order chi connectivity index (χ0) is 11.6. The lowest BCUT2D eigenvalue weighted by Gasteiger charge is -2.21. The van der Waals surface area contributed by atoms with E-state index < -0.39 is 0 Å². The van der Waals surface area contributed by atoms with E-state index in [0.29, 0.717) is 6.61 Å². The van der Waals surface area contributed by atoms with Gasteiger partial charge in [0.2, 0.25) is 0 Å². The highest BCUT2D eigenvalue weighted by atomic mass is 16.5. The number of nitrogens with zero attached hydrogens (tertiary/aromatic N) is 2. The third-order valence-corrected chi connectivity index (χ3v) is 2.91. The van der Waals surface area contributed by atoms with Gasteiger partial charge in [-0.15, -0.1) is 0 Å². The first-order chi connectivity index (χ1) is 7.86. The molecule has 0 unspecified atom stereocenters. The van der Waals surface area contributed by atoms with E-state index in [2.05, 4.69) is 9.80 Å². The highest BCUT2D eigenvalue weighted by molar-refractivity contribution is 4.69. The third kappa shape index (κ3) is 5.77. The molecule has 3 N–H and O–H groups in total. The van der Waals surface area contributed by atoms with E-state index in [-0.39, 0.29) is 6.61 Å². The summed E-state index contributed by atoms with van der Waals surface area (Å²) in [6, 6.07) is 0. The molecule has 5 nitrogen and oxygen atoms in total. The second-order valence-corrected chi connectivity index (χ2v) is 4.16. The number of hydrogen-bond acceptors (Lipinski definition) is 5. The van der Waals surface area contributed by atoms with Gasteiger partial charge in [-0.2, -0.15) is 0 Å². The van der Waals surface area contributed by atoms with Crippen LogP contribution in [0.1, 0.15) is 6.42 Å². The van der Waals surface area contributed by atoms with Gasteiger partial charge in [-0.25, -0.2) is 0 Å². The summed E-state index contributed by atoms with van der Waals surface area (Å²) >= 11 is 0. The molecule has 0 atom stereocenters. The topological polar surface area (TPSA) is 62.0 Å². The van der Waals surface area contributed by atoms with Crippen LogP contribution in [0, 0.1) is 0 Å². The van der Waals surface area contributed by atoms with E-state index in [1.807, 2.05) is 0 Å². The summed E-state index contributed by atoms with van der Waals surface area (Å²) in [5.41, 5.74) is 5.56. The second-order valence-electron chi connectivity index (χ2n) is 4.16. The number of aliphatic hydroxyl groups is 1. The molecular formula is C11H25N3O2. The van der Waals surface area contributed by atoms with Crippen molar-refractivity contribution < 1.29 is 9.84 Å². The fraction of sp³-hybridized carbons (Fsp3) is 1.00. The highest BCUT2D eigenvalue weighted by Gasteiger charge is 2.13. The van der Waals surface area contributed by atoms with Crippen LogP contribution in [0.25, 0.3) is 0 Å². The molecule has 1 fully saturated rings. The molecule has 0 aliphatic carbocycles. The van der Waals surface area contributed by atoms with E-state index in [1.54, 1.807) is 0 Å². The van der Waals surface area contributed by atoms with Crippen molar-refractivity contribution in [3.8, 4) is 0 Å². The predicted molar refractivity (Wildman–Crippen MR) is 64.5 cm³/mol. The zero-order valence-corrected chi connectivity index (χ0v) is 10.1. The number of nitrogens with two attached hydrogens (primary N) is 1. The molecule has 16 heavy (non-hydrogen) atoms. The van der Waals surface area contributed by atoms with E-state index in [0.717, 1.165) is 52.4 Å². The van der Waals surface area contributed by atoms with Crippen LogP contribution in [-0.4, -0.2) is 80.5 Å². The summed E-state index contributed by atoms with van der Waals surface area (Å²) in [7, 11) is 0. The quantitative estimate of drug-likeness (QED) is 0.548. The summed E-state index contributed by atoms with van der Waals surface area (Å²) in [5.74, 6) is 0. The Hall–Kier alpha value is -0.200. The maximum absolute atomic E-state index is 8.58. The maximum atomic E-state index is 8.58. The van der Waals surface area contributed by atoms with Crippen molar-refractivity contribution in [2.24, 2.45) is 5.73 Å². The smallest absolute Gasteiger partial charge is 0.0698 e. The van der Waals surface area contributed by atoms with Gasteiger partial charge in [0, 0.05) is 32.7 Å². The predicted octanol–water partition coefficient (Wildman–Crippen LogP) is -1.04. The SMILES string of the molecule is NCCN1CCCN(CCOCCO)CC1. The van der Waals surface area contributed by atoms with Crippen molar-refractivity contribution in [1.82, 2.24) is 9.80 Å². The van der Waals surface area contributed by atoms with Gasteiger partial charge in [0.1, 0.15) is 0 Å². The van der Waals surface area contributed by atoms with Gasteiger partial charge in [-0.05, 0) is 19.5 Å². The Morgan fingerprint density at radius 3 is 2.31 bits per heavy atom. The zero-order valence-electron chi connectivity index (χ0n) is 10.1. The van der Waals surface area contributed by atoms with Crippen LogP contribution >= 0.6 is 0 Å². The van der Waals surface area contributed by atoms with Crippen LogP contribution in [0.3, 0.4) is 0 Å². The summed E-state index contributed by atoms with van der Waals surface area (Å²) in [6.45, 7) is 8.52. The summed E-state index contributed by atoms with van der Waals surface area (Å²) in [4.78, 5) is 4.85. The molecule has 1 aliphatic heterocycles. The van der Waals surface area contributed by atoms with Crippen molar-refractivity contribution in [2.45, 2.75) is 6.42 Å². The molecule has 1 rings (SSSR count). The van der Waals surface area contributed by atoms with E-state index in [1.165, 1.54) is 6.42 Å². The first-order valence-electron chi connectivity index (χ1n) is 6.20. The largest absolute Gasteiger partial charge is 0.394 e. The molecule has 0 saturated carbocycles. The van der Waals surface area contributed by atoms with Crippen LogP contribution in [0.5, 0.6) is 0 Å². The van der Waals surface area contributed by atoms with Crippen molar-refractivity contribution in [3.63, 3.8) is 0 Å². The molecule has 1 aliphatic rings. The first kappa shape index (κ1) is 13.9. The Labute approximate surface area is 98.2 Å². The summed E-state index contributed by atoms with van der Waals surface area (Å²) in [6.07, 6.45) is 1.21. The standard InChI is InChI=1S/C11H25N3O2/c12-2-5-13-3-1-4-14(7-6-13)8-10-16-11-9-15/h15H,1-12H2. The van der Waals surface area contributed by atoms with Crippen LogP contribution < -0.4 is 5.73 Å². The third-order valence-electron chi connectivity index (χ3n) is 2.91. The van der Waals surface area contributed by atoms with Gasteiger partial charge < -0.3 is 20.5 Å². The summed E-state index contributed by atoms with van der Waals surface area (Å²) in [5, 5.41) is 8.58. The molecule has 0 spiro atoms. The lowest BCUT2D eigenvalue weighted by atomic mass is 10.4. The van der Waals surface area contributed by atoms with Gasteiger partial charge in [-0.3, -0.25) is 4.90 Å². The van der Waals surface area contributed by atoms with Gasteiger partial charge in [0.15, 0.2) is 0 Å². The van der Waals surface area contributed by atoms with Gasteiger partial charge in [0.25, 0.3) is 0 Å². The van der Waals surface area contributed by atoms with E-state index in [4.69, 9.17) is 15.6 Å². The van der Waals surface area contributed by atoms with Gasteiger partial charge in [-0.1, -0.05) is 0 Å².